The SMILES string of the molecule is NC(=O)c1ccc(C2CCN(Cc3cc4c(cc3Br)C(=O)N(C3CCC(=O)NC3=O)C4)CC2)nc1-c1ccc(Oc2ccccc2)cc1. The number of nitrogens with two attached hydrogens (primary N) is 1. The quantitative estimate of drug-likeness (QED) is 0.230. The molecule has 0 aliphatic carbocycles. The lowest BCUT2D eigenvalue weighted by molar-refractivity contribution is -0.136. The van der Waals surface area contributed by atoms with Gasteiger partial charge in [-0.2, -0.15) is 0 Å². The molecule has 1 unspecified atom stereocenters. The van der Waals surface area contributed by atoms with Gasteiger partial charge in [-0.3, -0.25) is 34.4 Å². The number of imide groups is 1. The van der Waals surface area contributed by atoms with Gasteiger partial charge in [0.25, 0.3) is 11.8 Å². The Morgan fingerprint density at radius 3 is 2.38 bits per heavy atom. The number of fused-ring (bicyclic) bond motifs is 1. The van der Waals surface area contributed by atoms with Crippen molar-refractivity contribution in [3.05, 3.63) is 111 Å². The van der Waals surface area contributed by atoms with Gasteiger partial charge in [0.2, 0.25) is 11.8 Å². The smallest absolute Gasteiger partial charge is 0.255 e. The van der Waals surface area contributed by atoms with Crippen LogP contribution in [0.3, 0.4) is 0 Å². The topological polar surface area (TPSA) is 135 Å². The van der Waals surface area contributed by atoms with Crippen LogP contribution in [-0.2, 0) is 22.7 Å². The first-order valence-corrected chi connectivity index (χ1v) is 16.8. The van der Waals surface area contributed by atoms with E-state index in [0.29, 0.717) is 42.1 Å². The second kappa shape index (κ2) is 13.3. The van der Waals surface area contributed by atoms with Gasteiger partial charge in [-0.15, -0.1) is 0 Å². The van der Waals surface area contributed by atoms with E-state index in [1.54, 1.807) is 11.0 Å². The van der Waals surface area contributed by atoms with E-state index in [4.69, 9.17) is 15.5 Å². The molecule has 3 aromatic carbocycles. The highest BCUT2D eigenvalue weighted by molar-refractivity contribution is 9.10. The number of likely N-dealkylation sites (tertiary alicyclic amines) is 1. The number of piperidine rings is 2. The minimum absolute atomic E-state index is 0.182. The van der Waals surface area contributed by atoms with Crippen LogP contribution >= 0.6 is 15.9 Å². The summed E-state index contributed by atoms with van der Waals surface area (Å²) < 4.78 is 6.78. The number of carbonyl (C=O) groups is 4. The minimum atomic E-state index is -0.636. The summed E-state index contributed by atoms with van der Waals surface area (Å²) >= 11 is 3.68. The Kier molecular flexibility index (Phi) is 8.81. The highest BCUT2D eigenvalue weighted by Crippen LogP contribution is 2.35. The Balaban J connectivity index is 1.01. The third-order valence-corrected chi connectivity index (χ3v) is 10.1. The zero-order chi connectivity index (χ0) is 33.4. The largest absolute Gasteiger partial charge is 0.457 e. The molecule has 48 heavy (non-hydrogen) atoms. The number of para-hydroxylation sites is 1. The van der Waals surface area contributed by atoms with Crippen molar-refractivity contribution in [2.24, 2.45) is 5.73 Å². The number of hydrogen-bond acceptors (Lipinski definition) is 7. The van der Waals surface area contributed by atoms with Gasteiger partial charge < -0.3 is 15.4 Å². The number of ether oxygens (including phenoxy) is 1. The van der Waals surface area contributed by atoms with Crippen molar-refractivity contribution in [2.45, 2.75) is 50.7 Å². The summed E-state index contributed by atoms with van der Waals surface area (Å²) in [4.78, 5) is 58.5. The number of amides is 4. The van der Waals surface area contributed by atoms with Gasteiger partial charge in [0.05, 0.1) is 11.3 Å². The van der Waals surface area contributed by atoms with Gasteiger partial charge in [-0.25, -0.2) is 0 Å². The molecule has 4 heterocycles. The van der Waals surface area contributed by atoms with Crippen molar-refractivity contribution in [1.29, 1.82) is 0 Å². The average Bonchev–Trinajstić information content (AvgIpc) is 3.40. The maximum Gasteiger partial charge on any atom is 0.255 e. The lowest BCUT2D eigenvalue weighted by Crippen LogP contribution is -2.52. The molecule has 0 bridgehead atoms. The van der Waals surface area contributed by atoms with Crippen molar-refractivity contribution in [3.8, 4) is 22.8 Å². The second-order valence-corrected chi connectivity index (χ2v) is 13.3. The first kappa shape index (κ1) is 31.7. The van der Waals surface area contributed by atoms with E-state index in [1.165, 1.54) is 0 Å². The molecule has 11 heteroatoms. The standard InChI is InChI=1S/C37H34BrN5O5/c38-30-19-29-24(21-43(37(29)47)32-12-13-33(44)41-36(32)46)18-25(30)20-42-16-14-22(15-17-42)31-11-10-28(35(39)45)34(40-31)23-6-8-27(9-7-23)48-26-4-2-1-3-5-26/h1-11,18-19,22,32H,12-17,20-21H2,(H2,39,45)(H,41,44,46). The molecule has 2 saturated heterocycles. The molecule has 4 amide bonds. The van der Waals surface area contributed by atoms with Gasteiger partial charge in [0.15, 0.2) is 0 Å². The summed E-state index contributed by atoms with van der Waals surface area (Å²) in [7, 11) is 0. The monoisotopic (exact) mass is 707 g/mol. The first-order valence-electron chi connectivity index (χ1n) is 16.1. The molecule has 0 spiro atoms. The van der Waals surface area contributed by atoms with Crippen molar-refractivity contribution < 1.29 is 23.9 Å². The second-order valence-electron chi connectivity index (χ2n) is 12.5. The summed E-state index contributed by atoms with van der Waals surface area (Å²) in [5.41, 5.74) is 11.0. The molecule has 10 nitrogen and oxygen atoms in total. The predicted octanol–water partition coefficient (Wildman–Crippen LogP) is 5.54. The van der Waals surface area contributed by atoms with E-state index in [-0.39, 0.29) is 24.2 Å². The zero-order valence-corrected chi connectivity index (χ0v) is 27.7. The van der Waals surface area contributed by atoms with Crippen LogP contribution < -0.4 is 15.8 Å². The van der Waals surface area contributed by atoms with Crippen LogP contribution in [0.1, 0.15) is 69.1 Å². The molecule has 4 aromatic rings. The molecule has 3 aliphatic heterocycles. The average molecular weight is 709 g/mol. The third-order valence-electron chi connectivity index (χ3n) is 9.38. The van der Waals surface area contributed by atoms with E-state index in [2.05, 4.69) is 32.2 Å². The predicted molar refractivity (Wildman–Crippen MR) is 182 cm³/mol. The normalized spacial score (nSPS) is 18.5. The molecule has 1 aromatic heterocycles. The van der Waals surface area contributed by atoms with E-state index in [9.17, 15) is 19.2 Å². The summed E-state index contributed by atoms with van der Waals surface area (Å²) in [6.45, 7) is 2.77. The molecule has 7 rings (SSSR count). The Morgan fingerprint density at radius 1 is 0.938 bits per heavy atom. The summed E-state index contributed by atoms with van der Waals surface area (Å²) in [6, 6.07) is 24.0. The molecular formula is C37H34BrN5O5. The Bertz CT molecular complexity index is 1910. The van der Waals surface area contributed by atoms with Crippen molar-refractivity contribution in [2.75, 3.05) is 13.1 Å². The summed E-state index contributed by atoms with van der Waals surface area (Å²) in [5.74, 6) is 0.237. The first-order chi connectivity index (χ1) is 23.2. The van der Waals surface area contributed by atoms with Gasteiger partial charge in [0.1, 0.15) is 17.5 Å². The maximum absolute atomic E-state index is 13.2. The molecule has 2 fully saturated rings. The Labute approximate surface area is 286 Å². The number of pyridine rings is 1. The fraction of sp³-hybridized carbons (Fsp3) is 0.270. The fourth-order valence-electron chi connectivity index (χ4n) is 6.82. The molecule has 0 saturated carbocycles. The van der Waals surface area contributed by atoms with E-state index >= 15 is 0 Å². The van der Waals surface area contributed by atoms with E-state index in [1.807, 2.05) is 66.7 Å². The number of rotatable bonds is 8. The number of nitrogens with one attached hydrogen (secondary N) is 1. The number of carbonyl (C=O) groups excluding carboxylic acids is 4. The number of halogens is 1. The van der Waals surface area contributed by atoms with Crippen molar-refractivity contribution >= 4 is 39.6 Å². The van der Waals surface area contributed by atoms with E-state index < -0.39 is 17.9 Å². The number of benzene rings is 3. The van der Waals surface area contributed by atoms with Gasteiger partial charge in [-0.1, -0.05) is 40.2 Å². The van der Waals surface area contributed by atoms with Crippen LogP contribution in [-0.4, -0.2) is 57.5 Å². The van der Waals surface area contributed by atoms with Gasteiger partial charge in [-0.05, 0) is 98.1 Å². The number of primary amides is 1. The summed E-state index contributed by atoms with van der Waals surface area (Å²) in [6.07, 6.45) is 2.36. The van der Waals surface area contributed by atoms with Gasteiger partial charge in [0, 0.05) is 46.7 Å². The Morgan fingerprint density at radius 2 is 1.67 bits per heavy atom. The minimum Gasteiger partial charge on any atom is -0.457 e. The molecular weight excluding hydrogens is 674 g/mol. The van der Waals surface area contributed by atoms with Crippen LogP contribution in [0.25, 0.3) is 11.3 Å². The zero-order valence-electron chi connectivity index (χ0n) is 26.2. The van der Waals surface area contributed by atoms with Gasteiger partial charge >= 0.3 is 0 Å². The lowest BCUT2D eigenvalue weighted by atomic mass is 9.91. The number of nitrogens with zero attached hydrogens (tertiary/aromatic N) is 3. The number of aromatic nitrogens is 1. The Hall–Kier alpha value is -4.87. The fourth-order valence-corrected chi connectivity index (χ4v) is 7.28. The van der Waals surface area contributed by atoms with E-state index in [0.717, 1.165) is 58.5 Å². The van der Waals surface area contributed by atoms with Crippen LogP contribution in [0.5, 0.6) is 11.5 Å². The maximum atomic E-state index is 13.2. The molecule has 244 valence electrons. The molecule has 1 atom stereocenters. The summed E-state index contributed by atoms with van der Waals surface area (Å²) in [5, 5.41) is 2.36. The molecule has 3 aliphatic rings. The van der Waals surface area contributed by atoms with Crippen LogP contribution in [0.15, 0.2) is 83.3 Å². The highest BCUT2D eigenvalue weighted by Gasteiger charge is 2.39. The molecule has 3 N–H and O–H groups in total. The third kappa shape index (κ3) is 6.48. The molecule has 0 radical (unpaired) electrons. The lowest BCUT2D eigenvalue weighted by Gasteiger charge is -2.32. The van der Waals surface area contributed by atoms with Crippen molar-refractivity contribution in [3.63, 3.8) is 0 Å². The van der Waals surface area contributed by atoms with Crippen molar-refractivity contribution in [1.82, 2.24) is 20.1 Å². The van der Waals surface area contributed by atoms with Crippen LogP contribution in [0.2, 0.25) is 0 Å². The number of hydrogen-bond donors (Lipinski definition) is 2. The highest BCUT2D eigenvalue weighted by atomic mass is 79.9. The van der Waals surface area contributed by atoms with Crippen LogP contribution in [0.4, 0.5) is 0 Å². The van der Waals surface area contributed by atoms with Crippen LogP contribution in [0, 0.1) is 0 Å².